The van der Waals surface area contributed by atoms with Gasteiger partial charge in [-0.15, -0.1) is 0 Å². The molecule has 118 valence electrons. The molecular formula is C18H28ClNO. The zero-order valence-corrected chi connectivity index (χ0v) is 14.2. The first-order valence-electron chi connectivity index (χ1n) is 8.26. The van der Waals surface area contributed by atoms with E-state index in [-0.39, 0.29) is 0 Å². The Morgan fingerprint density at radius 3 is 2.81 bits per heavy atom. The Labute approximate surface area is 134 Å². The van der Waals surface area contributed by atoms with Crippen molar-refractivity contribution in [1.29, 1.82) is 0 Å². The summed E-state index contributed by atoms with van der Waals surface area (Å²) in [4.78, 5) is 0. The van der Waals surface area contributed by atoms with Crippen molar-refractivity contribution in [1.82, 2.24) is 5.32 Å². The average molecular weight is 310 g/mol. The fourth-order valence-corrected chi connectivity index (χ4v) is 3.85. The molecule has 0 saturated heterocycles. The molecule has 1 aromatic carbocycles. The number of nitrogens with one attached hydrogen (secondary N) is 1. The lowest BCUT2D eigenvalue weighted by Crippen LogP contribution is -2.31. The summed E-state index contributed by atoms with van der Waals surface area (Å²) in [7, 11) is 1.68. The molecule has 3 heteroatoms. The van der Waals surface area contributed by atoms with Crippen LogP contribution in [0.15, 0.2) is 18.2 Å². The van der Waals surface area contributed by atoms with Crippen LogP contribution in [0.4, 0.5) is 0 Å². The predicted octanol–water partition coefficient (Wildman–Crippen LogP) is 5.22. The van der Waals surface area contributed by atoms with Crippen LogP contribution < -0.4 is 10.1 Å². The van der Waals surface area contributed by atoms with Gasteiger partial charge in [0.25, 0.3) is 0 Å². The van der Waals surface area contributed by atoms with Crippen molar-refractivity contribution in [3.63, 3.8) is 0 Å². The van der Waals surface area contributed by atoms with Gasteiger partial charge in [0.2, 0.25) is 0 Å². The number of hydrogen-bond donors (Lipinski definition) is 1. The maximum Gasteiger partial charge on any atom is 0.137 e. The molecule has 0 aliphatic heterocycles. The highest BCUT2D eigenvalue weighted by Crippen LogP contribution is 2.39. The molecule has 0 spiro atoms. The smallest absolute Gasteiger partial charge is 0.137 e. The van der Waals surface area contributed by atoms with Crippen LogP contribution >= 0.6 is 11.6 Å². The predicted molar refractivity (Wildman–Crippen MR) is 90.2 cm³/mol. The molecule has 3 unspecified atom stereocenters. The number of ether oxygens (including phenoxy) is 1. The minimum Gasteiger partial charge on any atom is -0.495 e. The summed E-state index contributed by atoms with van der Waals surface area (Å²) in [5, 5.41) is 4.37. The number of hydrogen-bond acceptors (Lipinski definition) is 2. The Bertz CT molecular complexity index is 449. The zero-order chi connectivity index (χ0) is 15.2. The van der Waals surface area contributed by atoms with Gasteiger partial charge in [0.15, 0.2) is 0 Å². The molecule has 2 nitrogen and oxygen atoms in total. The van der Waals surface area contributed by atoms with Gasteiger partial charge < -0.3 is 10.1 Å². The van der Waals surface area contributed by atoms with Crippen LogP contribution in [0.1, 0.15) is 57.6 Å². The van der Waals surface area contributed by atoms with E-state index in [1.165, 1.54) is 37.7 Å². The number of halogens is 1. The summed E-state index contributed by atoms with van der Waals surface area (Å²) in [6.45, 7) is 5.49. The summed E-state index contributed by atoms with van der Waals surface area (Å²) in [6, 6.07) is 6.62. The van der Waals surface area contributed by atoms with E-state index in [2.05, 4.69) is 31.3 Å². The molecule has 0 heterocycles. The lowest BCUT2D eigenvalue weighted by atomic mass is 9.75. The fourth-order valence-electron chi connectivity index (χ4n) is 3.65. The van der Waals surface area contributed by atoms with Gasteiger partial charge in [-0.1, -0.05) is 50.8 Å². The Morgan fingerprint density at radius 2 is 2.14 bits per heavy atom. The van der Waals surface area contributed by atoms with Gasteiger partial charge in [0.1, 0.15) is 5.75 Å². The van der Waals surface area contributed by atoms with E-state index in [1.807, 2.05) is 6.07 Å². The van der Waals surface area contributed by atoms with Gasteiger partial charge in [0, 0.05) is 6.04 Å². The molecular weight excluding hydrogens is 282 g/mol. The van der Waals surface area contributed by atoms with Crippen molar-refractivity contribution in [2.75, 3.05) is 13.7 Å². The minimum absolute atomic E-state index is 0.413. The highest BCUT2D eigenvalue weighted by atomic mass is 35.5. The van der Waals surface area contributed by atoms with E-state index in [9.17, 15) is 0 Å². The van der Waals surface area contributed by atoms with E-state index in [0.29, 0.717) is 11.1 Å². The van der Waals surface area contributed by atoms with Crippen molar-refractivity contribution >= 4 is 11.6 Å². The maximum atomic E-state index is 6.16. The molecule has 0 radical (unpaired) electrons. The van der Waals surface area contributed by atoms with E-state index < -0.39 is 0 Å². The molecule has 1 saturated carbocycles. The Morgan fingerprint density at radius 1 is 1.33 bits per heavy atom. The topological polar surface area (TPSA) is 21.3 Å². The standard InChI is InChI=1S/C18H28ClNO/c1-4-13-7-6-8-14(11-13)18(20-5-2)15-9-10-16(19)17(12-15)21-3/h9-10,12-14,18,20H,4-8,11H2,1-3H3. The van der Waals surface area contributed by atoms with Crippen LogP contribution in [-0.2, 0) is 0 Å². The Balaban J connectivity index is 2.21. The lowest BCUT2D eigenvalue weighted by Gasteiger charge is -2.35. The molecule has 1 aliphatic carbocycles. The van der Waals surface area contributed by atoms with Crippen LogP contribution in [0.2, 0.25) is 5.02 Å². The zero-order valence-electron chi connectivity index (χ0n) is 13.5. The number of rotatable bonds is 6. The quantitative estimate of drug-likeness (QED) is 0.778. The van der Waals surface area contributed by atoms with Gasteiger partial charge in [0.05, 0.1) is 12.1 Å². The van der Waals surface area contributed by atoms with Crippen LogP contribution in [-0.4, -0.2) is 13.7 Å². The molecule has 2 rings (SSSR count). The van der Waals surface area contributed by atoms with E-state index in [1.54, 1.807) is 7.11 Å². The third-order valence-electron chi connectivity index (χ3n) is 4.83. The van der Waals surface area contributed by atoms with Crippen molar-refractivity contribution in [3.05, 3.63) is 28.8 Å². The molecule has 0 aromatic heterocycles. The van der Waals surface area contributed by atoms with E-state index >= 15 is 0 Å². The van der Waals surface area contributed by atoms with Crippen LogP contribution in [0.5, 0.6) is 5.75 Å². The molecule has 1 aliphatic rings. The second-order valence-electron chi connectivity index (χ2n) is 6.13. The molecule has 3 atom stereocenters. The highest BCUT2D eigenvalue weighted by molar-refractivity contribution is 6.32. The van der Waals surface area contributed by atoms with Crippen molar-refractivity contribution in [2.45, 2.75) is 52.0 Å². The van der Waals surface area contributed by atoms with Gasteiger partial charge >= 0.3 is 0 Å². The van der Waals surface area contributed by atoms with Crippen molar-refractivity contribution < 1.29 is 4.74 Å². The molecule has 0 amide bonds. The van der Waals surface area contributed by atoms with Crippen LogP contribution in [0.25, 0.3) is 0 Å². The van der Waals surface area contributed by atoms with E-state index in [0.717, 1.165) is 24.1 Å². The number of methoxy groups -OCH3 is 1. The largest absolute Gasteiger partial charge is 0.495 e. The Kier molecular flexibility index (Phi) is 6.38. The summed E-state index contributed by atoms with van der Waals surface area (Å²) in [5.41, 5.74) is 1.31. The molecule has 1 aromatic rings. The first-order chi connectivity index (χ1) is 10.2. The first kappa shape index (κ1) is 16.6. The SMILES string of the molecule is CCNC(c1ccc(Cl)c(OC)c1)C1CCCC(CC)C1. The van der Waals surface area contributed by atoms with Gasteiger partial charge in [-0.2, -0.15) is 0 Å². The second kappa shape index (κ2) is 8.05. The minimum atomic E-state index is 0.413. The van der Waals surface area contributed by atoms with Gasteiger partial charge in [-0.3, -0.25) is 0 Å². The van der Waals surface area contributed by atoms with Crippen molar-refractivity contribution in [3.8, 4) is 5.75 Å². The maximum absolute atomic E-state index is 6.16. The lowest BCUT2D eigenvalue weighted by molar-refractivity contribution is 0.210. The van der Waals surface area contributed by atoms with Gasteiger partial charge in [-0.25, -0.2) is 0 Å². The third-order valence-corrected chi connectivity index (χ3v) is 5.14. The van der Waals surface area contributed by atoms with Crippen LogP contribution in [0, 0.1) is 11.8 Å². The number of benzene rings is 1. The monoisotopic (exact) mass is 309 g/mol. The van der Waals surface area contributed by atoms with E-state index in [4.69, 9.17) is 16.3 Å². The molecule has 0 bridgehead atoms. The fraction of sp³-hybridized carbons (Fsp3) is 0.667. The Hall–Kier alpha value is -0.730. The molecule has 1 N–H and O–H groups in total. The summed E-state index contributed by atoms with van der Waals surface area (Å²) in [6.07, 6.45) is 6.71. The first-order valence-corrected chi connectivity index (χ1v) is 8.64. The third kappa shape index (κ3) is 4.14. The molecule has 21 heavy (non-hydrogen) atoms. The summed E-state index contributed by atoms with van der Waals surface area (Å²) >= 11 is 6.16. The van der Waals surface area contributed by atoms with Gasteiger partial charge in [-0.05, 0) is 48.9 Å². The summed E-state index contributed by atoms with van der Waals surface area (Å²) < 4.78 is 5.38. The average Bonchev–Trinajstić information content (AvgIpc) is 2.53. The van der Waals surface area contributed by atoms with Crippen molar-refractivity contribution in [2.24, 2.45) is 11.8 Å². The molecule has 1 fully saturated rings. The highest BCUT2D eigenvalue weighted by Gasteiger charge is 2.28. The second-order valence-corrected chi connectivity index (χ2v) is 6.54. The van der Waals surface area contributed by atoms with Crippen LogP contribution in [0.3, 0.4) is 0 Å². The normalized spacial score (nSPS) is 23.8. The summed E-state index contributed by atoms with van der Waals surface area (Å²) in [5.74, 6) is 2.38.